The molecule has 0 saturated heterocycles. The van der Waals surface area contributed by atoms with Crippen LogP contribution in [0.1, 0.15) is 48.0 Å². The summed E-state index contributed by atoms with van der Waals surface area (Å²) in [5, 5.41) is 26.1. The first kappa shape index (κ1) is 23.6. The Kier molecular flexibility index (Phi) is 7.62. The van der Waals surface area contributed by atoms with Gasteiger partial charge in [-0.25, -0.2) is 4.79 Å². The van der Waals surface area contributed by atoms with Crippen LogP contribution in [0, 0.1) is 5.92 Å². The minimum atomic E-state index is -1.27. The number of quaternary nitrogens is 1. The molecular formula is C22H35BN3O5+. The number of nitrogens with one attached hydrogen (secondary N) is 2. The number of nitrogens with zero attached hydrogens (tertiary/aromatic N) is 1. The summed E-state index contributed by atoms with van der Waals surface area (Å²) in [6, 6.07) is 5.38. The summed E-state index contributed by atoms with van der Waals surface area (Å²) in [6.07, 6.45) is 4.97. The topological polar surface area (TPSA) is 108 Å². The SMILES string of the molecule is C[N+](C)(C)CCNC1CCC(CC(=O)N[C@H]2Cc3cccc(C(=O)O)c3OB2O)CC1. The van der Waals surface area contributed by atoms with Gasteiger partial charge in [-0.1, -0.05) is 12.1 Å². The average Bonchev–Trinajstić information content (AvgIpc) is 2.68. The van der Waals surface area contributed by atoms with Gasteiger partial charge >= 0.3 is 13.1 Å². The zero-order valence-electron chi connectivity index (χ0n) is 18.8. The number of amides is 1. The van der Waals surface area contributed by atoms with Gasteiger partial charge in [0.2, 0.25) is 5.91 Å². The van der Waals surface area contributed by atoms with Crippen molar-refractivity contribution < 1.29 is 28.9 Å². The van der Waals surface area contributed by atoms with Crippen LogP contribution in [-0.4, -0.2) is 79.8 Å². The van der Waals surface area contributed by atoms with Crippen molar-refractivity contribution in [2.24, 2.45) is 5.92 Å². The quantitative estimate of drug-likeness (QED) is 0.362. The van der Waals surface area contributed by atoms with Crippen molar-refractivity contribution in [3.05, 3.63) is 29.3 Å². The van der Waals surface area contributed by atoms with Crippen LogP contribution in [0.3, 0.4) is 0 Å². The second kappa shape index (κ2) is 10.0. The molecule has 31 heavy (non-hydrogen) atoms. The van der Waals surface area contributed by atoms with Crippen molar-refractivity contribution in [3.63, 3.8) is 0 Å². The minimum Gasteiger partial charge on any atom is -0.534 e. The summed E-state index contributed by atoms with van der Waals surface area (Å²) in [6.45, 7) is 2.09. The Morgan fingerprint density at radius 2 is 1.90 bits per heavy atom. The third-order valence-corrected chi connectivity index (χ3v) is 6.23. The number of fused-ring (bicyclic) bond motifs is 1. The fraction of sp³-hybridized carbons (Fsp3) is 0.636. The summed E-state index contributed by atoms with van der Waals surface area (Å²) in [5.74, 6) is -1.24. The number of carboxylic acids is 1. The first-order valence-corrected chi connectivity index (χ1v) is 11.2. The predicted octanol–water partition coefficient (Wildman–Crippen LogP) is 1.07. The molecule has 1 saturated carbocycles. The lowest BCUT2D eigenvalue weighted by Crippen LogP contribution is -2.53. The van der Waals surface area contributed by atoms with Crippen molar-refractivity contribution in [1.82, 2.24) is 10.6 Å². The second-order valence-corrected chi connectivity index (χ2v) is 9.88. The molecule has 0 aromatic heterocycles. The fourth-order valence-electron chi connectivity index (χ4n) is 4.42. The van der Waals surface area contributed by atoms with E-state index in [0.717, 1.165) is 43.3 Å². The number of carboxylic acid groups (broad SMARTS) is 1. The van der Waals surface area contributed by atoms with Crippen molar-refractivity contribution in [1.29, 1.82) is 0 Å². The van der Waals surface area contributed by atoms with E-state index >= 15 is 0 Å². The molecule has 170 valence electrons. The lowest BCUT2D eigenvalue weighted by Gasteiger charge is -2.32. The van der Waals surface area contributed by atoms with Crippen molar-refractivity contribution in [2.45, 2.75) is 50.5 Å². The summed E-state index contributed by atoms with van der Waals surface area (Å²) in [4.78, 5) is 23.9. The van der Waals surface area contributed by atoms with Crippen molar-refractivity contribution in [2.75, 3.05) is 34.2 Å². The highest BCUT2D eigenvalue weighted by Crippen LogP contribution is 2.31. The molecular weight excluding hydrogens is 397 g/mol. The third-order valence-electron chi connectivity index (χ3n) is 6.23. The smallest absolute Gasteiger partial charge is 0.534 e. The van der Waals surface area contributed by atoms with E-state index in [0.29, 0.717) is 30.4 Å². The van der Waals surface area contributed by atoms with E-state index in [-0.39, 0.29) is 17.2 Å². The molecule has 4 N–H and O–H groups in total. The monoisotopic (exact) mass is 432 g/mol. The first-order valence-electron chi connectivity index (χ1n) is 11.2. The Labute approximate surface area is 184 Å². The number of likely N-dealkylation sites (N-methyl/N-ethyl adjacent to an activating group) is 1. The lowest BCUT2D eigenvalue weighted by atomic mass is 9.72. The summed E-state index contributed by atoms with van der Waals surface area (Å²) >= 11 is 0. The lowest BCUT2D eigenvalue weighted by molar-refractivity contribution is -0.869. The number of hydrogen-bond acceptors (Lipinski definition) is 5. The predicted molar refractivity (Wildman–Crippen MR) is 119 cm³/mol. The minimum absolute atomic E-state index is 0.0214. The summed E-state index contributed by atoms with van der Waals surface area (Å²) < 4.78 is 6.40. The second-order valence-electron chi connectivity index (χ2n) is 9.88. The van der Waals surface area contributed by atoms with E-state index in [4.69, 9.17) is 4.65 Å². The van der Waals surface area contributed by atoms with Crippen LogP contribution in [0.2, 0.25) is 0 Å². The highest BCUT2D eigenvalue weighted by molar-refractivity contribution is 6.47. The summed E-state index contributed by atoms with van der Waals surface area (Å²) in [7, 11) is 5.30. The average molecular weight is 432 g/mol. The fourth-order valence-corrected chi connectivity index (χ4v) is 4.42. The number of hydrogen-bond donors (Lipinski definition) is 4. The van der Waals surface area contributed by atoms with Gasteiger partial charge in [0.05, 0.1) is 39.2 Å². The van der Waals surface area contributed by atoms with E-state index < -0.39 is 19.0 Å². The highest BCUT2D eigenvalue weighted by atomic mass is 16.5. The van der Waals surface area contributed by atoms with Gasteiger partial charge in [0.15, 0.2) is 0 Å². The molecule has 0 radical (unpaired) electrons. The maximum Gasteiger partial charge on any atom is 0.547 e. The molecule has 1 aliphatic carbocycles. The van der Waals surface area contributed by atoms with Crippen LogP contribution in [-0.2, 0) is 11.2 Å². The largest absolute Gasteiger partial charge is 0.547 e. The van der Waals surface area contributed by atoms with Gasteiger partial charge in [0, 0.05) is 19.0 Å². The maximum absolute atomic E-state index is 12.6. The molecule has 1 amide bonds. The molecule has 1 atom stereocenters. The number of aromatic carboxylic acids is 1. The number of benzene rings is 1. The number of carbonyl (C=O) groups excluding carboxylic acids is 1. The van der Waals surface area contributed by atoms with E-state index in [1.54, 1.807) is 12.1 Å². The zero-order chi connectivity index (χ0) is 22.6. The Morgan fingerprint density at radius 3 is 2.55 bits per heavy atom. The van der Waals surface area contributed by atoms with E-state index in [1.807, 2.05) is 0 Å². The highest BCUT2D eigenvalue weighted by Gasteiger charge is 2.38. The Morgan fingerprint density at radius 1 is 1.19 bits per heavy atom. The maximum atomic E-state index is 12.6. The van der Waals surface area contributed by atoms with Gasteiger partial charge in [-0.15, -0.1) is 0 Å². The van der Waals surface area contributed by atoms with Gasteiger partial charge in [-0.2, -0.15) is 0 Å². The van der Waals surface area contributed by atoms with Crippen LogP contribution in [0.5, 0.6) is 5.75 Å². The molecule has 8 nitrogen and oxygen atoms in total. The molecule has 1 aromatic carbocycles. The van der Waals surface area contributed by atoms with Crippen molar-refractivity contribution >= 4 is 19.0 Å². The van der Waals surface area contributed by atoms with E-state index in [2.05, 4.69) is 31.8 Å². The van der Waals surface area contributed by atoms with Crippen molar-refractivity contribution in [3.8, 4) is 5.75 Å². The van der Waals surface area contributed by atoms with Crippen LogP contribution in [0.25, 0.3) is 0 Å². The molecule has 9 heteroatoms. The zero-order valence-corrected chi connectivity index (χ0v) is 18.8. The normalized spacial score (nSPS) is 23.6. The number of carbonyl (C=O) groups is 2. The van der Waals surface area contributed by atoms with E-state index in [1.165, 1.54) is 6.07 Å². The Balaban J connectivity index is 1.44. The van der Waals surface area contributed by atoms with Gasteiger partial charge in [0.1, 0.15) is 5.75 Å². The van der Waals surface area contributed by atoms with Gasteiger partial charge < -0.3 is 29.9 Å². The van der Waals surface area contributed by atoms with Crippen LogP contribution >= 0.6 is 0 Å². The van der Waals surface area contributed by atoms with Gasteiger partial charge in [-0.05, 0) is 49.7 Å². The Hall–Kier alpha value is -2.10. The molecule has 3 rings (SSSR count). The van der Waals surface area contributed by atoms with Crippen LogP contribution in [0.4, 0.5) is 0 Å². The van der Waals surface area contributed by atoms with Gasteiger partial charge in [-0.3, -0.25) is 4.79 Å². The molecule has 1 heterocycles. The molecule has 0 unspecified atom stereocenters. The van der Waals surface area contributed by atoms with Gasteiger partial charge in [0.25, 0.3) is 0 Å². The molecule has 1 aromatic rings. The Bertz CT molecular complexity index is 790. The molecule has 2 aliphatic rings. The molecule has 0 spiro atoms. The number of rotatable bonds is 8. The third kappa shape index (κ3) is 6.69. The van der Waals surface area contributed by atoms with Crippen LogP contribution < -0.4 is 15.3 Å². The number of para-hydroxylation sites is 1. The molecule has 1 fully saturated rings. The summed E-state index contributed by atoms with van der Waals surface area (Å²) in [5.41, 5.74) is 0.698. The standard InChI is InChI=1S/C22H34BN3O5/c1-26(2,3)12-11-24-17-9-7-15(8-10-17)13-20(27)25-19-14-16-5-4-6-18(22(28)29)21(16)31-23(19)30/h4-6,15,17,19,24,30H,7-14H2,1-3H3,(H-,25,27,28,29)/p+1/t15?,17?,19-/m0/s1. The first-order chi connectivity index (χ1) is 14.6. The molecule has 1 aliphatic heterocycles. The van der Waals surface area contributed by atoms with Crippen LogP contribution in [0.15, 0.2) is 18.2 Å². The molecule has 0 bridgehead atoms. The van der Waals surface area contributed by atoms with E-state index in [9.17, 15) is 19.7 Å².